The number of hydrogen-bond acceptors (Lipinski definition) is 5. The Morgan fingerprint density at radius 3 is 2.81 bits per heavy atom. The Hall–Kier alpha value is -1.43. The van der Waals surface area contributed by atoms with Crippen LogP contribution in [-0.4, -0.2) is 42.1 Å². The van der Waals surface area contributed by atoms with Crippen molar-refractivity contribution < 1.29 is 24.1 Å². The SMILES string of the molecule is CC1C(=O)OC2CC(OCc3ccccc3)C(CO)OC21. The Kier molecular flexibility index (Phi) is 4.24. The van der Waals surface area contributed by atoms with Gasteiger partial charge in [-0.3, -0.25) is 4.79 Å². The minimum atomic E-state index is -0.410. The van der Waals surface area contributed by atoms with E-state index in [0.717, 1.165) is 5.56 Å². The molecule has 5 heteroatoms. The highest BCUT2D eigenvalue weighted by molar-refractivity contribution is 5.75. The molecule has 0 radical (unpaired) electrons. The highest BCUT2D eigenvalue weighted by Crippen LogP contribution is 2.35. The standard InChI is InChI=1S/C16H20O5/c1-10-15-13(21-16(10)18)7-12(14(8-17)20-15)19-9-11-5-3-2-4-6-11/h2-6,10,12-15,17H,7-9H2,1H3. The van der Waals surface area contributed by atoms with E-state index in [4.69, 9.17) is 14.2 Å². The summed E-state index contributed by atoms with van der Waals surface area (Å²) in [6.07, 6.45) is -0.650. The largest absolute Gasteiger partial charge is 0.459 e. The first-order valence-electron chi connectivity index (χ1n) is 7.31. The fraction of sp³-hybridized carbons (Fsp3) is 0.562. The normalized spacial score (nSPS) is 35.3. The molecule has 0 bridgehead atoms. The third-order valence-electron chi connectivity index (χ3n) is 4.20. The maximum atomic E-state index is 11.6. The molecule has 114 valence electrons. The summed E-state index contributed by atoms with van der Waals surface area (Å²) < 4.78 is 17.0. The maximum Gasteiger partial charge on any atom is 0.311 e. The zero-order valence-electron chi connectivity index (χ0n) is 12.0. The lowest BCUT2D eigenvalue weighted by molar-refractivity contribution is -0.187. The van der Waals surface area contributed by atoms with Gasteiger partial charge in [-0.25, -0.2) is 0 Å². The Balaban J connectivity index is 1.63. The summed E-state index contributed by atoms with van der Waals surface area (Å²) >= 11 is 0. The number of carbonyl (C=O) groups excluding carboxylic acids is 1. The summed E-state index contributed by atoms with van der Waals surface area (Å²) in [4.78, 5) is 11.6. The molecule has 2 saturated heterocycles. The van der Waals surface area contributed by atoms with E-state index in [1.807, 2.05) is 30.3 Å². The summed E-state index contributed by atoms with van der Waals surface area (Å²) in [5, 5.41) is 9.50. The molecule has 1 aromatic carbocycles. The van der Waals surface area contributed by atoms with E-state index < -0.39 is 6.10 Å². The Morgan fingerprint density at radius 2 is 2.10 bits per heavy atom. The molecule has 21 heavy (non-hydrogen) atoms. The van der Waals surface area contributed by atoms with E-state index in [0.29, 0.717) is 13.0 Å². The van der Waals surface area contributed by atoms with Gasteiger partial charge in [0.15, 0.2) is 0 Å². The first kappa shape index (κ1) is 14.5. The minimum absolute atomic E-state index is 0.121. The van der Waals surface area contributed by atoms with Crippen molar-refractivity contribution in [2.24, 2.45) is 5.92 Å². The monoisotopic (exact) mass is 292 g/mol. The quantitative estimate of drug-likeness (QED) is 0.847. The maximum absolute atomic E-state index is 11.6. The van der Waals surface area contributed by atoms with Crippen LogP contribution in [0.1, 0.15) is 18.9 Å². The lowest BCUT2D eigenvalue weighted by atomic mass is 9.93. The van der Waals surface area contributed by atoms with Gasteiger partial charge in [-0.2, -0.15) is 0 Å². The van der Waals surface area contributed by atoms with Gasteiger partial charge < -0.3 is 19.3 Å². The number of benzene rings is 1. The van der Waals surface area contributed by atoms with Gasteiger partial charge in [0, 0.05) is 6.42 Å². The third-order valence-corrected chi connectivity index (χ3v) is 4.20. The zero-order valence-corrected chi connectivity index (χ0v) is 12.0. The van der Waals surface area contributed by atoms with E-state index in [-0.39, 0.29) is 36.8 Å². The van der Waals surface area contributed by atoms with Crippen molar-refractivity contribution in [1.82, 2.24) is 0 Å². The smallest absolute Gasteiger partial charge is 0.311 e. The fourth-order valence-electron chi connectivity index (χ4n) is 2.95. The fourth-order valence-corrected chi connectivity index (χ4v) is 2.95. The van der Waals surface area contributed by atoms with Crippen molar-refractivity contribution in [3.05, 3.63) is 35.9 Å². The lowest BCUT2D eigenvalue weighted by Gasteiger charge is -2.37. The second kappa shape index (κ2) is 6.13. The summed E-state index contributed by atoms with van der Waals surface area (Å²) in [5.74, 6) is -0.510. The number of esters is 1. The van der Waals surface area contributed by atoms with Gasteiger partial charge in [0.2, 0.25) is 0 Å². The molecule has 0 spiro atoms. The molecule has 5 atom stereocenters. The third kappa shape index (κ3) is 2.95. The highest BCUT2D eigenvalue weighted by atomic mass is 16.6. The van der Waals surface area contributed by atoms with Crippen molar-refractivity contribution in [2.45, 2.75) is 44.4 Å². The second-order valence-corrected chi connectivity index (χ2v) is 5.66. The van der Waals surface area contributed by atoms with Crippen LogP contribution in [0.25, 0.3) is 0 Å². The molecule has 0 aromatic heterocycles. The average molecular weight is 292 g/mol. The molecule has 0 aliphatic carbocycles. The van der Waals surface area contributed by atoms with Gasteiger partial charge in [0.05, 0.1) is 25.2 Å². The van der Waals surface area contributed by atoms with Crippen LogP contribution in [0.5, 0.6) is 0 Å². The zero-order chi connectivity index (χ0) is 14.8. The molecule has 1 N–H and O–H groups in total. The Labute approximate surface area is 123 Å². The molecule has 2 aliphatic rings. The number of aliphatic hydroxyl groups excluding tert-OH is 1. The van der Waals surface area contributed by atoms with Crippen LogP contribution < -0.4 is 0 Å². The van der Waals surface area contributed by atoms with E-state index in [9.17, 15) is 9.90 Å². The van der Waals surface area contributed by atoms with Crippen molar-refractivity contribution >= 4 is 5.97 Å². The van der Waals surface area contributed by atoms with Crippen molar-refractivity contribution in [2.75, 3.05) is 6.61 Å². The number of aliphatic hydroxyl groups is 1. The molecule has 2 fully saturated rings. The Bertz CT molecular complexity index is 489. The van der Waals surface area contributed by atoms with Crippen LogP contribution >= 0.6 is 0 Å². The predicted octanol–water partition coefficient (Wildman–Crippen LogP) is 1.28. The molecule has 5 nitrogen and oxygen atoms in total. The first-order valence-corrected chi connectivity index (χ1v) is 7.31. The molecule has 2 aliphatic heterocycles. The van der Waals surface area contributed by atoms with Crippen LogP contribution in [0, 0.1) is 5.92 Å². The van der Waals surface area contributed by atoms with Gasteiger partial charge in [0.1, 0.15) is 18.3 Å². The van der Waals surface area contributed by atoms with E-state index in [1.54, 1.807) is 6.92 Å². The van der Waals surface area contributed by atoms with Crippen LogP contribution in [-0.2, 0) is 25.6 Å². The average Bonchev–Trinajstić information content (AvgIpc) is 2.79. The molecule has 3 rings (SSSR count). The second-order valence-electron chi connectivity index (χ2n) is 5.66. The number of rotatable bonds is 4. The summed E-state index contributed by atoms with van der Waals surface area (Å²) in [7, 11) is 0. The molecule has 1 aromatic rings. The van der Waals surface area contributed by atoms with Gasteiger partial charge in [-0.15, -0.1) is 0 Å². The topological polar surface area (TPSA) is 65.0 Å². The summed E-state index contributed by atoms with van der Waals surface area (Å²) in [5.41, 5.74) is 1.06. The van der Waals surface area contributed by atoms with Crippen molar-refractivity contribution in [3.63, 3.8) is 0 Å². The van der Waals surface area contributed by atoms with Gasteiger partial charge in [-0.1, -0.05) is 30.3 Å². The summed E-state index contributed by atoms with van der Waals surface area (Å²) in [6.45, 7) is 2.13. The molecular formula is C16H20O5. The number of hydrogen-bond donors (Lipinski definition) is 1. The van der Waals surface area contributed by atoms with E-state index >= 15 is 0 Å². The predicted molar refractivity (Wildman–Crippen MR) is 74.4 cm³/mol. The number of fused-ring (bicyclic) bond motifs is 1. The van der Waals surface area contributed by atoms with Gasteiger partial charge >= 0.3 is 5.97 Å². The molecule has 5 unspecified atom stereocenters. The highest BCUT2D eigenvalue weighted by Gasteiger charge is 2.49. The van der Waals surface area contributed by atoms with Gasteiger partial charge in [-0.05, 0) is 12.5 Å². The number of carbonyl (C=O) groups is 1. The molecule has 2 heterocycles. The molecular weight excluding hydrogens is 272 g/mol. The molecule has 0 saturated carbocycles. The lowest BCUT2D eigenvalue weighted by Crippen LogP contribution is -2.49. The van der Waals surface area contributed by atoms with E-state index in [2.05, 4.69) is 0 Å². The number of ether oxygens (including phenoxy) is 3. The molecule has 0 amide bonds. The van der Waals surface area contributed by atoms with E-state index in [1.165, 1.54) is 0 Å². The van der Waals surface area contributed by atoms with Crippen molar-refractivity contribution in [3.8, 4) is 0 Å². The van der Waals surface area contributed by atoms with Crippen LogP contribution in [0.3, 0.4) is 0 Å². The summed E-state index contributed by atoms with van der Waals surface area (Å²) in [6, 6.07) is 9.83. The van der Waals surface area contributed by atoms with Crippen molar-refractivity contribution in [1.29, 1.82) is 0 Å². The van der Waals surface area contributed by atoms with Crippen LogP contribution in [0.2, 0.25) is 0 Å². The first-order chi connectivity index (χ1) is 10.2. The van der Waals surface area contributed by atoms with Gasteiger partial charge in [0.25, 0.3) is 0 Å². The van der Waals surface area contributed by atoms with Crippen LogP contribution in [0.4, 0.5) is 0 Å². The Morgan fingerprint density at radius 1 is 1.33 bits per heavy atom. The minimum Gasteiger partial charge on any atom is -0.459 e. The van der Waals surface area contributed by atoms with Crippen LogP contribution in [0.15, 0.2) is 30.3 Å².